The van der Waals surface area contributed by atoms with Crippen LogP contribution in [0.4, 0.5) is 10.5 Å². The minimum Gasteiger partial charge on any atom is -0.454 e. The lowest BCUT2D eigenvalue weighted by Crippen LogP contribution is -2.33. The van der Waals surface area contributed by atoms with Crippen LogP contribution in [0.5, 0.6) is 11.5 Å². The summed E-state index contributed by atoms with van der Waals surface area (Å²) in [6.07, 6.45) is 0.284. The van der Waals surface area contributed by atoms with E-state index in [-0.39, 0.29) is 38.2 Å². The maximum atomic E-state index is 12.4. The van der Waals surface area contributed by atoms with E-state index in [0.717, 1.165) is 5.56 Å². The topological polar surface area (TPSA) is 119 Å². The van der Waals surface area contributed by atoms with Gasteiger partial charge in [0.05, 0.1) is 10.7 Å². The van der Waals surface area contributed by atoms with Crippen molar-refractivity contribution in [1.29, 1.82) is 0 Å². The second-order valence-corrected chi connectivity index (χ2v) is 7.96. The van der Waals surface area contributed by atoms with E-state index in [9.17, 15) is 9.59 Å². The Morgan fingerprint density at radius 2 is 1.94 bits per heavy atom. The maximum Gasteiger partial charge on any atom is 0.321 e. The van der Waals surface area contributed by atoms with E-state index in [4.69, 9.17) is 37.2 Å². The number of nitrogens with one attached hydrogen (secondary N) is 2. The molecule has 0 fully saturated rings. The quantitative estimate of drug-likeness (QED) is 0.516. The van der Waals surface area contributed by atoms with Crippen molar-refractivity contribution in [3.8, 4) is 11.5 Å². The Hall–Kier alpha value is -3.50. The number of amides is 3. The molecule has 12 heteroatoms. The molecule has 0 saturated carbocycles. The SMILES string of the molecule is CN(CCc1noc(C(=O)NCc2ccc3c(c2)OCO3)n1)C(=O)Nc1cc(Cl)ccc1Cl. The summed E-state index contributed by atoms with van der Waals surface area (Å²) in [4.78, 5) is 30.2. The van der Waals surface area contributed by atoms with Gasteiger partial charge in [-0.15, -0.1) is 0 Å². The summed E-state index contributed by atoms with van der Waals surface area (Å²) in [5, 5.41) is 10.0. The largest absolute Gasteiger partial charge is 0.454 e. The number of nitrogens with zero attached hydrogens (tertiary/aromatic N) is 3. The van der Waals surface area contributed by atoms with Gasteiger partial charge in [-0.25, -0.2) is 4.79 Å². The van der Waals surface area contributed by atoms with E-state index < -0.39 is 5.91 Å². The van der Waals surface area contributed by atoms with Crippen LogP contribution in [0.25, 0.3) is 0 Å². The fraction of sp³-hybridized carbons (Fsp3) is 0.238. The molecule has 1 aliphatic heterocycles. The van der Waals surface area contributed by atoms with Gasteiger partial charge in [0.2, 0.25) is 6.79 Å². The number of carbonyl (C=O) groups is 2. The Balaban J connectivity index is 1.26. The fourth-order valence-electron chi connectivity index (χ4n) is 2.93. The Kier molecular flexibility index (Phi) is 6.85. The van der Waals surface area contributed by atoms with Crippen molar-refractivity contribution in [2.45, 2.75) is 13.0 Å². The summed E-state index contributed by atoms with van der Waals surface area (Å²) in [5.41, 5.74) is 1.24. The van der Waals surface area contributed by atoms with Crippen molar-refractivity contribution >= 4 is 40.8 Å². The molecule has 172 valence electrons. The van der Waals surface area contributed by atoms with Crippen molar-refractivity contribution in [3.05, 3.63) is 63.7 Å². The highest BCUT2D eigenvalue weighted by Crippen LogP contribution is 2.32. The number of benzene rings is 2. The van der Waals surface area contributed by atoms with Crippen LogP contribution in [0.2, 0.25) is 10.0 Å². The molecule has 3 aromatic rings. The molecular formula is C21H19Cl2N5O5. The average molecular weight is 492 g/mol. The van der Waals surface area contributed by atoms with Crippen molar-refractivity contribution in [2.75, 3.05) is 25.7 Å². The number of aromatic nitrogens is 2. The van der Waals surface area contributed by atoms with Gasteiger partial charge in [-0.05, 0) is 35.9 Å². The van der Waals surface area contributed by atoms with Gasteiger partial charge in [-0.1, -0.05) is 34.4 Å². The highest BCUT2D eigenvalue weighted by molar-refractivity contribution is 6.35. The monoisotopic (exact) mass is 491 g/mol. The Labute approximate surface area is 198 Å². The number of halogens is 2. The van der Waals surface area contributed by atoms with Gasteiger partial charge in [0.15, 0.2) is 17.3 Å². The minimum atomic E-state index is -0.506. The van der Waals surface area contributed by atoms with Crippen LogP contribution in [0.3, 0.4) is 0 Å². The third-order valence-corrected chi connectivity index (χ3v) is 5.30. The molecule has 0 spiro atoms. The lowest BCUT2D eigenvalue weighted by molar-refractivity contribution is 0.0907. The summed E-state index contributed by atoms with van der Waals surface area (Å²) in [7, 11) is 1.60. The lowest BCUT2D eigenvalue weighted by atomic mass is 10.2. The van der Waals surface area contributed by atoms with E-state index >= 15 is 0 Å². The number of hydrogen-bond donors (Lipinski definition) is 2. The van der Waals surface area contributed by atoms with E-state index in [1.165, 1.54) is 4.90 Å². The molecule has 33 heavy (non-hydrogen) atoms. The molecule has 0 saturated heterocycles. The van der Waals surface area contributed by atoms with Crippen LogP contribution in [0.1, 0.15) is 22.1 Å². The molecule has 1 aliphatic rings. The van der Waals surface area contributed by atoms with Gasteiger partial charge in [0, 0.05) is 31.6 Å². The molecule has 0 unspecified atom stereocenters. The number of carbonyl (C=O) groups excluding carboxylic acids is 2. The van der Waals surface area contributed by atoms with Crippen molar-refractivity contribution in [2.24, 2.45) is 0 Å². The van der Waals surface area contributed by atoms with Crippen molar-refractivity contribution < 1.29 is 23.6 Å². The average Bonchev–Trinajstić information content (AvgIpc) is 3.47. The molecule has 2 N–H and O–H groups in total. The number of likely N-dealkylation sites (N-methyl/N-ethyl adjacent to an activating group) is 1. The molecule has 10 nitrogen and oxygen atoms in total. The first-order valence-electron chi connectivity index (χ1n) is 9.85. The first-order chi connectivity index (χ1) is 15.9. The van der Waals surface area contributed by atoms with Crippen molar-refractivity contribution in [3.63, 3.8) is 0 Å². The molecule has 0 radical (unpaired) electrons. The van der Waals surface area contributed by atoms with Crippen LogP contribution in [-0.4, -0.2) is 47.4 Å². The van der Waals surface area contributed by atoms with E-state index in [1.807, 2.05) is 6.07 Å². The van der Waals surface area contributed by atoms with Crippen LogP contribution < -0.4 is 20.1 Å². The van der Waals surface area contributed by atoms with Crippen LogP contribution in [-0.2, 0) is 13.0 Å². The highest BCUT2D eigenvalue weighted by Gasteiger charge is 2.18. The Morgan fingerprint density at radius 1 is 1.12 bits per heavy atom. The van der Waals surface area contributed by atoms with E-state index in [0.29, 0.717) is 33.1 Å². The fourth-order valence-corrected chi connectivity index (χ4v) is 3.27. The third kappa shape index (κ3) is 5.65. The predicted molar refractivity (Wildman–Crippen MR) is 120 cm³/mol. The lowest BCUT2D eigenvalue weighted by Gasteiger charge is -2.17. The molecule has 3 amide bonds. The van der Waals surface area contributed by atoms with Gasteiger partial charge < -0.3 is 29.5 Å². The van der Waals surface area contributed by atoms with Gasteiger partial charge in [-0.3, -0.25) is 4.79 Å². The normalized spacial score (nSPS) is 11.8. The zero-order valence-electron chi connectivity index (χ0n) is 17.4. The molecule has 1 aromatic heterocycles. The Bertz CT molecular complexity index is 1190. The zero-order chi connectivity index (χ0) is 23.4. The number of anilines is 1. The summed E-state index contributed by atoms with van der Waals surface area (Å²) < 4.78 is 15.6. The molecule has 2 aromatic carbocycles. The van der Waals surface area contributed by atoms with E-state index in [2.05, 4.69) is 20.8 Å². The summed E-state index contributed by atoms with van der Waals surface area (Å²) in [5.74, 6) is 0.925. The number of ether oxygens (including phenoxy) is 2. The number of hydrogen-bond acceptors (Lipinski definition) is 7. The predicted octanol–water partition coefficient (Wildman–Crippen LogP) is 3.74. The summed E-state index contributed by atoms with van der Waals surface area (Å²) >= 11 is 12.0. The van der Waals surface area contributed by atoms with Gasteiger partial charge in [-0.2, -0.15) is 4.98 Å². The molecular weight excluding hydrogens is 473 g/mol. The minimum absolute atomic E-state index is 0.163. The smallest absolute Gasteiger partial charge is 0.321 e. The third-order valence-electron chi connectivity index (χ3n) is 4.74. The summed E-state index contributed by atoms with van der Waals surface area (Å²) in [6, 6.07) is 9.79. The first kappa shape index (κ1) is 22.7. The molecule has 0 bridgehead atoms. The van der Waals surface area contributed by atoms with Crippen molar-refractivity contribution in [1.82, 2.24) is 20.4 Å². The van der Waals surface area contributed by atoms with Crippen LogP contribution >= 0.6 is 23.2 Å². The van der Waals surface area contributed by atoms with Gasteiger partial charge in [0.25, 0.3) is 0 Å². The van der Waals surface area contributed by atoms with Gasteiger partial charge >= 0.3 is 17.8 Å². The highest BCUT2D eigenvalue weighted by atomic mass is 35.5. The van der Waals surface area contributed by atoms with Gasteiger partial charge in [0.1, 0.15) is 0 Å². The van der Waals surface area contributed by atoms with E-state index in [1.54, 1.807) is 37.4 Å². The molecule has 2 heterocycles. The Morgan fingerprint density at radius 3 is 2.79 bits per heavy atom. The number of rotatable bonds is 7. The second-order valence-electron chi connectivity index (χ2n) is 7.11. The second kappa shape index (κ2) is 9.97. The zero-order valence-corrected chi connectivity index (χ0v) is 18.9. The van der Waals surface area contributed by atoms with Crippen LogP contribution in [0.15, 0.2) is 40.9 Å². The number of fused-ring (bicyclic) bond motifs is 1. The number of urea groups is 1. The van der Waals surface area contributed by atoms with Crippen LogP contribution in [0, 0.1) is 0 Å². The summed E-state index contributed by atoms with van der Waals surface area (Å²) in [6.45, 7) is 0.713. The molecule has 4 rings (SSSR count). The maximum absolute atomic E-state index is 12.4. The molecule has 0 aliphatic carbocycles. The standard InChI is InChI=1S/C21H19Cl2N5O5/c1-28(21(30)25-15-9-13(22)3-4-14(15)23)7-6-18-26-20(33-27-18)19(29)24-10-12-2-5-16-17(8-12)32-11-31-16/h2-5,8-9H,6-7,10-11H2,1H3,(H,24,29)(H,25,30). The molecule has 0 atom stereocenters. The first-order valence-corrected chi connectivity index (χ1v) is 10.6.